The molecule has 26 heavy (non-hydrogen) atoms. The van der Waals surface area contributed by atoms with Crippen LogP contribution in [-0.4, -0.2) is 17.5 Å². The number of carbonyl (C=O) groups excluding carboxylic acids is 1. The van der Waals surface area contributed by atoms with Gasteiger partial charge in [-0.05, 0) is 23.7 Å². The molecule has 0 N–H and O–H groups in total. The maximum atomic E-state index is 12.0. The lowest BCUT2D eigenvalue weighted by atomic mass is 9.93. The highest BCUT2D eigenvalue weighted by Crippen LogP contribution is 2.20. The van der Waals surface area contributed by atoms with Gasteiger partial charge in [0, 0.05) is 5.75 Å². The quantitative estimate of drug-likeness (QED) is 0.246. The highest BCUT2D eigenvalue weighted by Gasteiger charge is 2.14. The number of hydrogen-bond donors (Lipinski definition) is 0. The van der Waals surface area contributed by atoms with Crippen LogP contribution < -0.4 is 0 Å². The van der Waals surface area contributed by atoms with Crippen molar-refractivity contribution in [1.29, 1.82) is 0 Å². The number of hydrogen-bond acceptors (Lipinski definition) is 3. The molecule has 2 atom stereocenters. The Hall–Kier alpha value is -0.960. The van der Waals surface area contributed by atoms with E-state index in [-0.39, 0.29) is 11.9 Å². The standard InChI is InChI=1S/C23H38O2S/c1-4-6-13-21(5-2)14-11-8-12-17-26-19-20(3)23(24)25-18-22-15-9-7-10-16-22/h7,9-10,15-16,20-21H,4-6,8,11-14,17-19H2,1-3H3. The summed E-state index contributed by atoms with van der Waals surface area (Å²) in [4.78, 5) is 12.0. The molecule has 2 nitrogen and oxygen atoms in total. The minimum absolute atomic E-state index is 0.0257. The van der Waals surface area contributed by atoms with E-state index in [2.05, 4.69) is 13.8 Å². The van der Waals surface area contributed by atoms with E-state index in [1.54, 1.807) is 0 Å². The first-order chi connectivity index (χ1) is 12.7. The zero-order valence-corrected chi connectivity index (χ0v) is 17.9. The van der Waals surface area contributed by atoms with Crippen LogP contribution in [0.4, 0.5) is 0 Å². The fourth-order valence-corrected chi connectivity index (χ4v) is 4.12. The molecular weight excluding hydrogens is 340 g/mol. The van der Waals surface area contributed by atoms with E-state index in [1.165, 1.54) is 51.4 Å². The molecule has 0 aliphatic rings. The van der Waals surface area contributed by atoms with E-state index in [4.69, 9.17) is 4.74 Å². The highest BCUT2D eigenvalue weighted by atomic mass is 32.2. The molecule has 3 heteroatoms. The number of thioether (sulfide) groups is 1. The zero-order valence-electron chi connectivity index (χ0n) is 17.0. The molecule has 1 aromatic carbocycles. The summed E-state index contributed by atoms with van der Waals surface area (Å²) in [5, 5.41) is 0. The number of benzene rings is 1. The summed E-state index contributed by atoms with van der Waals surface area (Å²) < 4.78 is 5.40. The van der Waals surface area contributed by atoms with Crippen molar-refractivity contribution in [3.05, 3.63) is 35.9 Å². The summed E-state index contributed by atoms with van der Waals surface area (Å²) in [5.74, 6) is 2.84. The molecular formula is C23H38O2S. The molecule has 148 valence electrons. The van der Waals surface area contributed by atoms with Crippen molar-refractivity contribution < 1.29 is 9.53 Å². The van der Waals surface area contributed by atoms with Gasteiger partial charge in [0.1, 0.15) is 6.61 Å². The lowest BCUT2D eigenvalue weighted by Crippen LogP contribution is -2.17. The average molecular weight is 379 g/mol. The van der Waals surface area contributed by atoms with E-state index >= 15 is 0 Å². The molecule has 0 aliphatic heterocycles. The summed E-state index contributed by atoms with van der Waals surface area (Å²) in [6.45, 7) is 6.96. The zero-order chi connectivity index (χ0) is 19.0. The van der Waals surface area contributed by atoms with Crippen LogP contribution in [0.25, 0.3) is 0 Å². The van der Waals surface area contributed by atoms with Gasteiger partial charge in [-0.25, -0.2) is 0 Å². The molecule has 0 radical (unpaired) electrons. The van der Waals surface area contributed by atoms with Crippen molar-refractivity contribution in [3.8, 4) is 0 Å². The maximum Gasteiger partial charge on any atom is 0.309 e. The number of carbonyl (C=O) groups is 1. The van der Waals surface area contributed by atoms with Gasteiger partial charge in [0.2, 0.25) is 0 Å². The summed E-state index contributed by atoms with van der Waals surface area (Å²) in [5.41, 5.74) is 1.05. The van der Waals surface area contributed by atoms with E-state index < -0.39 is 0 Å². The lowest BCUT2D eigenvalue weighted by Gasteiger charge is -2.14. The summed E-state index contributed by atoms with van der Waals surface area (Å²) >= 11 is 1.89. The molecule has 2 unspecified atom stereocenters. The number of unbranched alkanes of at least 4 members (excludes halogenated alkanes) is 3. The van der Waals surface area contributed by atoms with Crippen LogP contribution >= 0.6 is 11.8 Å². The van der Waals surface area contributed by atoms with Gasteiger partial charge in [0.05, 0.1) is 5.92 Å². The predicted molar refractivity (Wildman–Crippen MR) is 115 cm³/mol. The minimum Gasteiger partial charge on any atom is -0.461 e. The van der Waals surface area contributed by atoms with Crippen molar-refractivity contribution in [2.24, 2.45) is 11.8 Å². The topological polar surface area (TPSA) is 26.3 Å². The van der Waals surface area contributed by atoms with Crippen LogP contribution in [0.15, 0.2) is 30.3 Å². The molecule has 0 amide bonds. The van der Waals surface area contributed by atoms with E-state index in [0.717, 1.165) is 23.0 Å². The lowest BCUT2D eigenvalue weighted by molar-refractivity contribution is -0.148. The van der Waals surface area contributed by atoms with Gasteiger partial charge < -0.3 is 4.74 Å². The van der Waals surface area contributed by atoms with Crippen LogP contribution in [0.3, 0.4) is 0 Å². The Morgan fingerprint density at radius 2 is 1.77 bits per heavy atom. The number of ether oxygens (including phenoxy) is 1. The fraction of sp³-hybridized carbons (Fsp3) is 0.696. The van der Waals surface area contributed by atoms with Crippen LogP contribution in [0, 0.1) is 11.8 Å². The van der Waals surface area contributed by atoms with E-state index in [9.17, 15) is 4.79 Å². The third-order valence-electron chi connectivity index (χ3n) is 4.94. The van der Waals surface area contributed by atoms with Gasteiger partial charge >= 0.3 is 5.97 Å². The fourth-order valence-electron chi connectivity index (χ4n) is 3.06. The van der Waals surface area contributed by atoms with Crippen molar-refractivity contribution in [2.45, 2.75) is 78.7 Å². The smallest absolute Gasteiger partial charge is 0.309 e. The van der Waals surface area contributed by atoms with Gasteiger partial charge in [0.15, 0.2) is 0 Å². The third kappa shape index (κ3) is 10.9. The highest BCUT2D eigenvalue weighted by molar-refractivity contribution is 7.99. The molecule has 0 saturated carbocycles. The second kappa shape index (κ2) is 15.1. The Morgan fingerprint density at radius 3 is 2.46 bits per heavy atom. The van der Waals surface area contributed by atoms with Crippen molar-refractivity contribution in [1.82, 2.24) is 0 Å². The normalized spacial score (nSPS) is 13.3. The Morgan fingerprint density at radius 1 is 1.04 bits per heavy atom. The first kappa shape index (κ1) is 23.1. The van der Waals surface area contributed by atoms with Crippen molar-refractivity contribution >= 4 is 17.7 Å². The second-order valence-electron chi connectivity index (χ2n) is 7.34. The van der Waals surface area contributed by atoms with Gasteiger partial charge in [-0.15, -0.1) is 0 Å². The number of esters is 1. The van der Waals surface area contributed by atoms with Crippen LogP contribution in [0.1, 0.15) is 77.7 Å². The Kier molecular flexibility index (Phi) is 13.4. The Balaban J connectivity index is 2.01. The van der Waals surface area contributed by atoms with Gasteiger partial charge in [-0.3, -0.25) is 4.79 Å². The number of rotatable bonds is 15. The Labute approximate surface area is 165 Å². The predicted octanol–water partition coefficient (Wildman–Crippen LogP) is 6.88. The largest absolute Gasteiger partial charge is 0.461 e. The maximum absolute atomic E-state index is 12.0. The first-order valence-corrected chi connectivity index (χ1v) is 11.6. The van der Waals surface area contributed by atoms with Crippen molar-refractivity contribution in [2.75, 3.05) is 11.5 Å². The summed E-state index contributed by atoms with van der Waals surface area (Å²) in [6.07, 6.45) is 10.8. The SMILES string of the molecule is CCCCC(CC)CCCCCSCC(C)C(=O)OCc1ccccc1. The molecule has 1 rings (SSSR count). The molecule has 0 fully saturated rings. The molecule has 0 saturated heterocycles. The van der Waals surface area contributed by atoms with Gasteiger partial charge in [0.25, 0.3) is 0 Å². The minimum atomic E-state index is -0.0805. The first-order valence-electron chi connectivity index (χ1n) is 10.5. The molecule has 0 heterocycles. The molecule has 1 aromatic rings. The summed E-state index contributed by atoms with van der Waals surface area (Å²) in [7, 11) is 0. The van der Waals surface area contributed by atoms with Crippen LogP contribution in [0.2, 0.25) is 0 Å². The van der Waals surface area contributed by atoms with Gasteiger partial charge in [-0.1, -0.05) is 96.0 Å². The molecule has 0 aromatic heterocycles. The summed E-state index contributed by atoms with van der Waals surface area (Å²) in [6, 6.07) is 9.87. The van der Waals surface area contributed by atoms with Crippen LogP contribution in [0.5, 0.6) is 0 Å². The molecule has 0 aliphatic carbocycles. The second-order valence-corrected chi connectivity index (χ2v) is 8.48. The third-order valence-corrected chi connectivity index (χ3v) is 6.25. The molecule has 0 spiro atoms. The molecule has 0 bridgehead atoms. The monoisotopic (exact) mass is 378 g/mol. The average Bonchev–Trinajstić information content (AvgIpc) is 2.68. The van der Waals surface area contributed by atoms with Crippen LogP contribution in [-0.2, 0) is 16.1 Å². The van der Waals surface area contributed by atoms with E-state index in [0.29, 0.717) is 6.61 Å². The van der Waals surface area contributed by atoms with Gasteiger partial charge in [-0.2, -0.15) is 11.8 Å². The Bertz CT molecular complexity index is 461. The van der Waals surface area contributed by atoms with Crippen molar-refractivity contribution in [3.63, 3.8) is 0 Å². The van der Waals surface area contributed by atoms with E-state index in [1.807, 2.05) is 49.0 Å².